The third-order valence-electron chi connectivity index (χ3n) is 5.59. The van der Waals surface area contributed by atoms with Crippen LogP contribution >= 0.6 is 11.3 Å². The van der Waals surface area contributed by atoms with Gasteiger partial charge in [-0.25, -0.2) is 15.0 Å². The highest BCUT2D eigenvalue weighted by atomic mass is 32.1. The molecule has 178 valence electrons. The summed E-state index contributed by atoms with van der Waals surface area (Å²) in [6, 6.07) is 7.31. The van der Waals surface area contributed by atoms with Crippen molar-refractivity contribution in [2.24, 2.45) is 0 Å². The van der Waals surface area contributed by atoms with E-state index in [1.165, 1.54) is 11.3 Å². The first-order valence-electron chi connectivity index (χ1n) is 11.0. The van der Waals surface area contributed by atoms with Gasteiger partial charge in [0, 0.05) is 24.0 Å². The molecule has 2 N–H and O–H groups in total. The van der Waals surface area contributed by atoms with Crippen molar-refractivity contribution < 1.29 is 14.3 Å². The molecule has 0 atom stereocenters. The van der Waals surface area contributed by atoms with Gasteiger partial charge in [0.2, 0.25) is 5.91 Å². The van der Waals surface area contributed by atoms with Gasteiger partial charge in [0.1, 0.15) is 11.4 Å². The maximum absolute atomic E-state index is 12.4. The Morgan fingerprint density at radius 1 is 1.09 bits per heavy atom. The summed E-state index contributed by atoms with van der Waals surface area (Å²) in [4.78, 5) is 42.5. The largest absolute Gasteiger partial charge is 0.376 e. The predicted octanol–water partition coefficient (Wildman–Crippen LogP) is 2.89. The third-order valence-corrected chi connectivity index (χ3v) is 6.35. The Morgan fingerprint density at radius 2 is 1.89 bits per heavy atom. The SMILES string of the molecule is Cc1cncc(-c2cccc(-c3csc(NC(=O)CNC(=O)c4ccn(C5(C)COC5)c4)n3)n2)n1. The second kappa shape index (κ2) is 9.35. The first-order chi connectivity index (χ1) is 16.9. The number of thiazole rings is 1. The average molecular weight is 490 g/mol. The van der Waals surface area contributed by atoms with Crippen LogP contribution in [0, 0.1) is 6.92 Å². The number of rotatable bonds is 7. The highest BCUT2D eigenvalue weighted by Gasteiger charge is 2.35. The van der Waals surface area contributed by atoms with Crippen molar-refractivity contribution in [2.75, 3.05) is 25.1 Å². The number of anilines is 1. The average Bonchev–Trinajstić information content (AvgIpc) is 3.52. The van der Waals surface area contributed by atoms with E-state index in [9.17, 15) is 9.59 Å². The summed E-state index contributed by atoms with van der Waals surface area (Å²) >= 11 is 1.28. The van der Waals surface area contributed by atoms with E-state index in [4.69, 9.17) is 4.74 Å². The van der Waals surface area contributed by atoms with E-state index in [1.54, 1.807) is 24.7 Å². The second-order valence-corrected chi connectivity index (χ2v) is 9.38. The van der Waals surface area contributed by atoms with Gasteiger partial charge in [-0.2, -0.15) is 0 Å². The molecule has 1 saturated heterocycles. The summed E-state index contributed by atoms with van der Waals surface area (Å²) < 4.78 is 7.24. The molecule has 0 radical (unpaired) electrons. The molecule has 0 spiro atoms. The molecule has 1 aliphatic heterocycles. The lowest BCUT2D eigenvalue weighted by Crippen LogP contribution is -2.48. The van der Waals surface area contributed by atoms with E-state index in [2.05, 4.69) is 37.5 Å². The van der Waals surface area contributed by atoms with Crippen molar-refractivity contribution in [2.45, 2.75) is 19.4 Å². The zero-order chi connectivity index (χ0) is 24.4. The van der Waals surface area contributed by atoms with Crippen molar-refractivity contribution in [1.82, 2.24) is 29.8 Å². The monoisotopic (exact) mass is 489 g/mol. The summed E-state index contributed by atoms with van der Waals surface area (Å²) in [5, 5.41) is 7.60. The molecule has 35 heavy (non-hydrogen) atoms. The van der Waals surface area contributed by atoms with Gasteiger partial charge >= 0.3 is 0 Å². The van der Waals surface area contributed by atoms with Crippen LogP contribution < -0.4 is 10.6 Å². The van der Waals surface area contributed by atoms with Crippen LogP contribution in [0.15, 0.2) is 54.4 Å². The van der Waals surface area contributed by atoms with Gasteiger partial charge in [0.25, 0.3) is 5.91 Å². The molecule has 1 fully saturated rings. The van der Waals surface area contributed by atoms with E-state index in [1.807, 2.05) is 41.3 Å². The molecule has 0 saturated carbocycles. The molecule has 4 aromatic heterocycles. The van der Waals surface area contributed by atoms with E-state index in [-0.39, 0.29) is 23.9 Å². The lowest BCUT2D eigenvalue weighted by molar-refractivity contribution is -0.115. The number of hydrogen-bond acceptors (Lipinski definition) is 8. The summed E-state index contributed by atoms with van der Waals surface area (Å²) in [5.74, 6) is -0.683. The number of hydrogen-bond donors (Lipinski definition) is 2. The standard InChI is InChI=1S/C24H23N7O3S/c1-15-8-25-9-19(27-15)17-4-3-5-18(28-17)20-12-35-23(29-20)30-21(32)10-26-22(33)16-6-7-31(11-16)24(2)13-34-14-24/h3-9,11-12H,10,13-14H2,1-2H3,(H,26,33)(H,29,30,32). The van der Waals surface area contributed by atoms with Crippen molar-refractivity contribution in [3.63, 3.8) is 0 Å². The van der Waals surface area contributed by atoms with Crippen molar-refractivity contribution in [1.29, 1.82) is 0 Å². The van der Waals surface area contributed by atoms with Crippen molar-refractivity contribution in [3.05, 3.63) is 65.7 Å². The molecule has 4 aromatic rings. The molecule has 0 bridgehead atoms. The van der Waals surface area contributed by atoms with Crippen LogP contribution in [0.1, 0.15) is 23.0 Å². The van der Waals surface area contributed by atoms with Gasteiger partial charge in [-0.15, -0.1) is 11.3 Å². The Kier molecular flexibility index (Phi) is 6.10. The minimum Gasteiger partial charge on any atom is -0.376 e. The van der Waals surface area contributed by atoms with E-state index in [0.29, 0.717) is 46.7 Å². The Balaban J connectivity index is 1.18. The fourth-order valence-electron chi connectivity index (χ4n) is 3.59. The van der Waals surface area contributed by atoms with E-state index in [0.717, 1.165) is 5.69 Å². The summed E-state index contributed by atoms with van der Waals surface area (Å²) in [6.07, 6.45) is 6.97. The fourth-order valence-corrected chi connectivity index (χ4v) is 4.32. The number of aromatic nitrogens is 5. The number of nitrogens with one attached hydrogen (secondary N) is 2. The van der Waals surface area contributed by atoms with Crippen LogP contribution in [0.3, 0.4) is 0 Å². The summed E-state index contributed by atoms with van der Waals surface area (Å²) in [6.45, 7) is 5.00. The maximum Gasteiger partial charge on any atom is 0.253 e. The molecule has 5 heterocycles. The molecule has 11 heteroatoms. The first-order valence-corrected chi connectivity index (χ1v) is 11.8. The fraction of sp³-hybridized carbons (Fsp3) is 0.250. The summed E-state index contributed by atoms with van der Waals surface area (Å²) in [5.41, 5.74) is 3.83. The van der Waals surface area contributed by atoms with Crippen LogP contribution in [0.5, 0.6) is 0 Å². The number of ether oxygens (including phenoxy) is 1. The lowest BCUT2D eigenvalue weighted by Gasteiger charge is -2.39. The number of aryl methyl sites for hydroxylation is 1. The number of carbonyl (C=O) groups excluding carboxylic acids is 2. The lowest BCUT2D eigenvalue weighted by atomic mass is 10.0. The van der Waals surface area contributed by atoms with Crippen LogP contribution in [-0.4, -0.2) is 56.1 Å². The van der Waals surface area contributed by atoms with Crippen LogP contribution in [0.25, 0.3) is 22.8 Å². The molecule has 2 amide bonds. The van der Waals surface area contributed by atoms with Crippen molar-refractivity contribution >= 4 is 28.3 Å². The van der Waals surface area contributed by atoms with Gasteiger partial charge in [-0.05, 0) is 32.0 Å². The van der Waals surface area contributed by atoms with Gasteiger partial charge in [0.15, 0.2) is 5.13 Å². The minimum atomic E-state index is -0.366. The number of nitrogens with zero attached hydrogens (tertiary/aromatic N) is 5. The number of amides is 2. The zero-order valence-corrected chi connectivity index (χ0v) is 20.0. The minimum absolute atomic E-state index is 0.125. The molecule has 0 aromatic carbocycles. The molecule has 0 aliphatic carbocycles. The zero-order valence-electron chi connectivity index (χ0n) is 19.2. The van der Waals surface area contributed by atoms with E-state index < -0.39 is 0 Å². The van der Waals surface area contributed by atoms with Crippen LogP contribution in [0.4, 0.5) is 5.13 Å². The van der Waals surface area contributed by atoms with Crippen LogP contribution in [0.2, 0.25) is 0 Å². The Hall–Kier alpha value is -3.96. The molecular weight excluding hydrogens is 466 g/mol. The normalized spacial score (nSPS) is 14.2. The molecular formula is C24H23N7O3S. The second-order valence-electron chi connectivity index (χ2n) is 8.52. The van der Waals surface area contributed by atoms with Gasteiger partial charge in [-0.3, -0.25) is 14.6 Å². The molecule has 5 rings (SSSR count). The topological polar surface area (TPSA) is 124 Å². The van der Waals surface area contributed by atoms with Crippen LogP contribution in [-0.2, 0) is 15.1 Å². The Bertz CT molecular complexity index is 1390. The van der Waals surface area contributed by atoms with E-state index >= 15 is 0 Å². The molecule has 1 aliphatic rings. The quantitative estimate of drug-likeness (QED) is 0.409. The summed E-state index contributed by atoms with van der Waals surface area (Å²) in [7, 11) is 0. The highest BCUT2D eigenvalue weighted by molar-refractivity contribution is 7.14. The van der Waals surface area contributed by atoms with Gasteiger partial charge < -0.3 is 19.9 Å². The van der Waals surface area contributed by atoms with Gasteiger partial charge in [0.05, 0.1) is 54.1 Å². The Labute approximate surface area is 205 Å². The maximum atomic E-state index is 12.4. The smallest absolute Gasteiger partial charge is 0.253 e. The predicted molar refractivity (Wildman–Crippen MR) is 131 cm³/mol. The highest BCUT2D eigenvalue weighted by Crippen LogP contribution is 2.27. The molecule has 10 nitrogen and oxygen atoms in total. The van der Waals surface area contributed by atoms with Gasteiger partial charge in [-0.1, -0.05) is 6.07 Å². The number of carbonyl (C=O) groups is 2. The molecule has 0 unspecified atom stereocenters. The first kappa shape index (κ1) is 22.8. The Morgan fingerprint density at radius 3 is 2.63 bits per heavy atom. The van der Waals surface area contributed by atoms with Crippen molar-refractivity contribution in [3.8, 4) is 22.8 Å². The third kappa shape index (κ3) is 4.96. The number of pyridine rings is 1.